The summed E-state index contributed by atoms with van der Waals surface area (Å²) in [4.78, 5) is 9.96. The molecule has 202 valence electrons. The Labute approximate surface area is 245 Å². The molecular formula is C26H32N2O4S4Si2. The molecule has 12 heteroatoms. The highest BCUT2D eigenvalue weighted by Crippen LogP contribution is 2.39. The van der Waals surface area contributed by atoms with Crippen molar-refractivity contribution in [3.63, 3.8) is 0 Å². The Morgan fingerprint density at radius 1 is 0.658 bits per heavy atom. The second-order valence-electron chi connectivity index (χ2n) is 8.43. The highest BCUT2D eigenvalue weighted by atomic mass is 33.1. The molecule has 0 fully saturated rings. The summed E-state index contributed by atoms with van der Waals surface area (Å²) in [6.07, 6.45) is 0. The van der Waals surface area contributed by atoms with E-state index in [0.29, 0.717) is 30.9 Å². The first-order valence-corrected chi connectivity index (χ1v) is 18.9. The Morgan fingerprint density at radius 2 is 1.05 bits per heavy atom. The van der Waals surface area contributed by atoms with Crippen LogP contribution in [0.3, 0.4) is 0 Å². The average molecular weight is 621 g/mol. The van der Waals surface area contributed by atoms with E-state index in [2.05, 4.69) is 48.5 Å². The van der Waals surface area contributed by atoms with Gasteiger partial charge in [-0.25, -0.2) is 9.97 Å². The quantitative estimate of drug-likeness (QED) is 0.0570. The van der Waals surface area contributed by atoms with E-state index in [1.54, 1.807) is 51.1 Å². The average Bonchev–Trinajstić information content (AvgIpc) is 3.58. The minimum absolute atomic E-state index is 0.163. The molecule has 2 atom stereocenters. The lowest BCUT2D eigenvalue weighted by atomic mass is 10.2. The van der Waals surface area contributed by atoms with E-state index in [0.717, 1.165) is 34.6 Å². The molecule has 4 rings (SSSR count). The Kier molecular flexibility index (Phi) is 12.6. The van der Waals surface area contributed by atoms with Crippen molar-refractivity contribution in [3.05, 3.63) is 58.5 Å². The van der Waals surface area contributed by atoms with Crippen molar-refractivity contribution in [2.75, 3.05) is 39.9 Å². The first-order valence-electron chi connectivity index (χ1n) is 12.2. The summed E-state index contributed by atoms with van der Waals surface area (Å²) < 4.78 is 24.4. The summed E-state index contributed by atoms with van der Waals surface area (Å²) in [6.45, 7) is 0. The maximum atomic E-state index is 5.48. The zero-order valence-electron chi connectivity index (χ0n) is 21.9. The third-order valence-electron chi connectivity index (χ3n) is 5.86. The molecule has 0 saturated heterocycles. The van der Waals surface area contributed by atoms with Crippen LogP contribution in [0.5, 0.6) is 0 Å². The normalized spacial score (nSPS) is 13.7. The van der Waals surface area contributed by atoms with Gasteiger partial charge in [0.15, 0.2) is 0 Å². The van der Waals surface area contributed by atoms with E-state index in [1.807, 2.05) is 21.6 Å². The summed E-state index contributed by atoms with van der Waals surface area (Å²) in [5.41, 5.74) is 2.16. The number of fused-ring (bicyclic) bond motifs is 2. The fourth-order valence-corrected chi connectivity index (χ4v) is 11.8. The van der Waals surface area contributed by atoms with Gasteiger partial charge in [-0.2, -0.15) is 0 Å². The van der Waals surface area contributed by atoms with Crippen LogP contribution in [0.2, 0.25) is 12.1 Å². The van der Waals surface area contributed by atoms with Crippen LogP contribution >= 0.6 is 44.3 Å². The van der Waals surface area contributed by atoms with Crippen molar-refractivity contribution < 1.29 is 18.9 Å². The number of aromatic nitrogens is 2. The summed E-state index contributed by atoms with van der Waals surface area (Å²) in [7, 11) is 11.8. The van der Waals surface area contributed by atoms with Gasteiger partial charge in [0.2, 0.25) is 0 Å². The maximum absolute atomic E-state index is 5.48. The SMILES string of the molecule is COC(OC)[Si]CC(CSSCC(C[Si]C(OC)OC)c1nc2ccccc2s1)c1nc2ccccc2s1. The topological polar surface area (TPSA) is 62.7 Å². The lowest BCUT2D eigenvalue weighted by Gasteiger charge is -2.19. The molecule has 4 radical (unpaired) electrons. The highest BCUT2D eigenvalue weighted by Gasteiger charge is 2.23. The standard InChI is InChI=1S/C26H32N2O4S4Si2/c1-29-25(30-2)37-15-17(23-27-19-9-5-7-11-21(19)35-23)13-33-34-14-18(16-38-26(31-3)32-4)24-28-20-10-6-8-12-22(20)36-24/h5-12,17-18,25-26H,13-16H2,1-4H3. The number of hydrogen-bond acceptors (Lipinski definition) is 10. The molecule has 2 aromatic carbocycles. The van der Waals surface area contributed by atoms with Crippen LogP contribution in [0, 0.1) is 0 Å². The van der Waals surface area contributed by atoms with Gasteiger partial charge < -0.3 is 18.9 Å². The summed E-state index contributed by atoms with van der Waals surface area (Å²) in [6, 6.07) is 18.8. The Hall–Kier alpha value is -0.806. The molecule has 4 aromatic rings. The number of benzene rings is 2. The molecule has 6 nitrogen and oxygen atoms in total. The molecular weight excluding hydrogens is 589 g/mol. The molecule has 0 spiro atoms. The Morgan fingerprint density at radius 3 is 1.42 bits per heavy atom. The fraction of sp³-hybridized carbons (Fsp3) is 0.462. The van der Waals surface area contributed by atoms with Gasteiger partial charge in [-0.3, -0.25) is 0 Å². The zero-order chi connectivity index (χ0) is 26.7. The smallest absolute Gasteiger partial charge is 0.136 e. The van der Waals surface area contributed by atoms with Gasteiger partial charge in [-0.15, -0.1) is 22.7 Å². The number of methoxy groups -OCH3 is 4. The lowest BCUT2D eigenvalue weighted by Crippen LogP contribution is -2.23. The maximum Gasteiger partial charge on any atom is 0.136 e. The number of rotatable bonds is 17. The lowest BCUT2D eigenvalue weighted by molar-refractivity contribution is -0.0443. The number of para-hydroxylation sites is 2. The van der Waals surface area contributed by atoms with E-state index < -0.39 is 0 Å². The van der Waals surface area contributed by atoms with Gasteiger partial charge in [0.1, 0.15) is 30.9 Å². The number of nitrogens with zero attached hydrogens (tertiary/aromatic N) is 2. The number of thiazole rings is 2. The van der Waals surface area contributed by atoms with Crippen LogP contribution in [0.1, 0.15) is 21.9 Å². The second kappa shape index (κ2) is 15.8. The van der Waals surface area contributed by atoms with Crippen LogP contribution in [0.25, 0.3) is 20.4 Å². The zero-order valence-corrected chi connectivity index (χ0v) is 27.2. The molecule has 0 saturated carbocycles. The van der Waals surface area contributed by atoms with Gasteiger partial charge >= 0.3 is 0 Å². The van der Waals surface area contributed by atoms with Gasteiger partial charge in [-0.05, 0) is 36.4 Å². The van der Waals surface area contributed by atoms with Gasteiger partial charge in [-0.1, -0.05) is 45.9 Å². The van der Waals surface area contributed by atoms with Crippen molar-refractivity contribution >= 4 is 83.7 Å². The molecule has 2 aromatic heterocycles. The van der Waals surface area contributed by atoms with E-state index in [1.165, 1.54) is 19.4 Å². The molecule has 0 aliphatic heterocycles. The monoisotopic (exact) mass is 620 g/mol. The summed E-state index contributed by atoms with van der Waals surface area (Å²) in [5.74, 6) is 2.36. The third kappa shape index (κ3) is 8.35. The molecule has 0 N–H and O–H groups in total. The van der Waals surface area contributed by atoms with E-state index in [9.17, 15) is 0 Å². The van der Waals surface area contributed by atoms with E-state index >= 15 is 0 Å². The molecule has 0 aliphatic rings. The van der Waals surface area contributed by atoms with E-state index in [4.69, 9.17) is 28.9 Å². The van der Waals surface area contributed by atoms with Gasteiger partial charge in [0.25, 0.3) is 0 Å². The number of hydrogen-bond donors (Lipinski definition) is 0. The second-order valence-corrected chi connectivity index (χ2v) is 15.7. The van der Waals surface area contributed by atoms with Crippen molar-refractivity contribution in [2.45, 2.75) is 35.8 Å². The molecule has 38 heavy (non-hydrogen) atoms. The van der Waals surface area contributed by atoms with Crippen molar-refractivity contribution in [2.24, 2.45) is 0 Å². The third-order valence-corrected chi connectivity index (χ3v) is 13.9. The summed E-state index contributed by atoms with van der Waals surface area (Å²) >= 11 is 3.61. The molecule has 0 bridgehead atoms. The number of ether oxygens (including phenoxy) is 4. The first kappa shape index (κ1) is 30.2. The molecule has 0 amide bonds. The molecule has 2 unspecified atom stereocenters. The minimum atomic E-state index is -0.163. The fourth-order valence-electron chi connectivity index (χ4n) is 3.83. The van der Waals surface area contributed by atoms with Crippen LogP contribution in [0.4, 0.5) is 0 Å². The first-order chi connectivity index (χ1) is 18.6. The van der Waals surface area contributed by atoms with Crippen LogP contribution in [0.15, 0.2) is 48.5 Å². The van der Waals surface area contributed by atoms with Gasteiger partial charge in [0.05, 0.1) is 30.4 Å². The molecule has 0 aliphatic carbocycles. The van der Waals surface area contributed by atoms with Crippen molar-refractivity contribution in [1.29, 1.82) is 0 Å². The van der Waals surface area contributed by atoms with Crippen molar-refractivity contribution in [1.82, 2.24) is 9.97 Å². The predicted octanol–water partition coefficient (Wildman–Crippen LogP) is 6.55. The van der Waals surface area contributed by atoms with Gasteiger partial charge in [0, 0.05) is 51.8 Å². The van der Waals surface area contributed by atoms with Crippen LogP contribution in [-0.4, -0.2) is 80.8 Å². The predicted molar refractivity (Wildman–Crippen MR) is 166 cm³/mol. The highest BCUT2D eigenvalue weighted by molar-refractivity contribution is 8.76. The largest absolute Gasteiger partial charge is 0.360 e. The van der Waals surface area contributed by atoms with Crippen LogP contribution in [-0.2, 0) is 18.9 Å². The summed E-state index contributed by atoms with van der Waals surface area (Å²) in [5, 5.41) is 2.40. The minimum Gasteiger partial charge on any atom is -0.360 e. The Balaban J connectivity index is 1.41. The molecule has 2 heterocycles. The van der Waals surface area contributed by atoms with E-state index in [-0.39, 0.29) is 11.8 Å². The van der Waals surface area contributed by atoms with Crippen LogP contribution < -0.4 is 0 Å². The Bertz CT molecular complexity index is 1090. The van der Waals surface area contributed by atoms with Crippen molar-refractivity contribution in [3.8, 4) is 0 Å².